The lowest BCUT2D eigenvalue weighted by Gasteiger charge is -2.38. The van der Waals surface area contributed by atoms with Crippen LogP contribution in [0.5, 0.6) is 0 Å². The Morgan fingerprint density at radius 1 is 1.46 bits per heavy atom. The van der Waals surface area contributed by atoms with Crippen LogP contribution in [0, 0.1) is 0 Å². The van der Waals surface area contributed by atoms with E-state index in [1.54, 1.807) is 0 Å². The Hall–Kier alpha value is -0.353. The second-order valence-electron chi connectivity index (χ2n) is 4.65. The Labute approximate surface area is 81.1 Å². The molecule has 1 aliphatic heterocycles. The fourth-order valence-electron chi connectivity index (χ4n) is 1.54. The van der Waals surface area contributed by atoms with Crippen molar-refractivity contribution in [3.63, 3.8) is 0 Å². The first-order chi connectivity index (χ1) is 5.91. The van der Waals surface area contributed by atoms with Gasteiger partial charge in [0.05, 0.1) is 13.0 Å². The Morgan fingerprint density at radius 3 is 2.54 bits per heavy atom. The number of carbonyl (C=O) groups is 1. The van der Waals surface area contributed by atoms with Gasteiger partial charge in [0, 0.05) is 6.04 Å². The molecule has 0 bridgehead atoms. The topological polar surface area (TPSA) is 29.5 Å². The molecular formula is C9H19NO2Si. The summed E-state index contributed by atoms with van der Waals surface area (Å²) < 4.78 is 7.32. The number of ether oxygens (including phenoxy) is 1. The molecule has 0 N–H and O–H groups in total. The number of rotatable bonds is 2. The van der Waals surface area contributed by atoms with Gasteiger partial charge in [-0.1, -0.05) is 19.6 Å². The van der Waals surface area contributed by atoms with Crippen LogP contribution in [0.4, 0.5) is 0 Å². The van der Waals surface area contributed by atoms with Crippen LogP contribution in [-0.2, 0) is 9.53 Å². The minimum Gasteiger partial charge on any atom is -0.466 e. The second kappa shape index (κ2) is 3.80. The van der Waals surface area contributed by atoms with E-state index in [0.717, 1.165) is 6.42 Å². The zero-order valence-corrected chi connectivity index (χ0v) is 9.96. The van der Waals surface area contributed by atoms with Gasteiger partial charge in [-0.15, -0.1) is 0 Å². The molecule has 0 amide bonds. The predicted octanol–water partition coefficient (Wildman–Crippen LogP) is 1.46. The molecule has 0 aromatic heterocycles. The van der Waals surface area contributed by atoms with Gasteiger partial charge in [-0.3, -0.25) is 4.79 Å². The monoisotopic (exact) mass is 201 g/mol. The summed E-state index contributed by atoms with van der Waals surface area (Å²) in [6.07, 6.45) is 1.56. The first kappa shape index (κ1) is 10.7. The third-order valence-electron chi connectivity index (χ3n) is 2.72. The second-order valence-corrected chi connectivity index (χ2v) is 9.70. The van der Waals surface area contributed by atoms with Crippen molar-refractivity contribution in [3.05, 3.63) is 0 Å². The van der Waals surface area contributed by atoms with Gasteiger partial charge >= 0.3 is 5.97 Å². The van der Waals surface area contributed by atoms with Crippen molar-refractivity contribution in [2.45, 2.75) is 38.5 Å². The molecule has 1 aliphatic rings. The fraction of sp³-hybridized carbons (Fsp3) is 0.889. The summed E-state index contributed by atoms with van der Waals surface area (Å²) in [4.78, 5) is 11.1. The summed E-state index contributed by atoms with van der Waals surface area (Å²) in [5, 5.41) is 0. The molecule has 76 valence electrons. The highest BCUT2D eigenvalue weighted by atomic mass is 28.3. The zero-order chi connectivity index (χ0) is 10.1. The number of carbonyl (C=O) groups excluding carboxylic acids is 1. The minimum absolute atomic E-state index is 0.0404. The van der Waals surface area contributed by atoms with Gasteiger partial charge in [-0.05, 0) is 13.5 Å². The number of cyclic esters (lactones) is 1. The van der Waals surface area contributed by atoms with E-state index in [-0.39, 0.29) is 5.97 Å². The van der Waals surface area contributed by atoms with Gasteiger partial charge in [0.25, 0.3) is 0 Å². The highest BCUT2D eigenvalue weighted by molar-refractivity contribution is 6.73. The average molecular weight is 201 g/mol. The van der Waals surface area contributed by atoms with Crippen LogP contribution >= 0.6 is 0 Å². The van der Waals surface area contributed by atoms with E-state index in [1.165, 1.54) is 0 Å². The molecule has 1 rings (SSSR count). The molecule has 0 saturated carbocycles. The van der Waals surface area contributed by atoms with Crippen molar-refractivity contribution < 1.29 is 9.53 Å². The van der Waals surface area contributed by atoms with Gasteiger partial charge in [0.2, 0.25) is 0 Å². The van der Waals surface area contributed by atoms with E-state index in [1.807, 2.05) is 0 Å². The molecule has 13 heavy (non-hydrogen) atoms. The van der Waals surface area contributed by atoms with Crippen molar-refractivity contribution >= 4 is 14.2 Å². The van der Waals surface area contributed by atoms with Crippen molar-refractivity contribution in [1.82, 2.24) is 4.57 Å². The number of esters is 1. The third-order valence-corrected chi connectivity index (χ3v) is 5.20. The van der Waals surface area contributed by atoms with Gasteiger partial charge in [0.1, 0.15) is 8.24 Å². The summed E-state index contributed by atoms with van der Waals surface area (Å²) in [5.41, 5.74) is 0. The molecule has 0 aromatic rings. The number of hydrogen-bond donors (Lipinski definition) is 0. The first-order valence-electron chi connectivity index (χ1n) is 4.80. The summed E-state index contributed by atoms with van der Waals surface area (Å²) >= 11 is 0. The highest BCUT2D eigenvalue weighted by Crippen LogP contribution is 2.19. The maximum atomic E-state index is 11.1. The SMILES string of the molecule is CN(C1CCOC(=O)C1)[Si](C)(C)C. The molecule has 0 aliphatic carbocycles. The molecular weight excluding hydrogens is 182 g/mol. The molecule has 4 heteroatoms. The average Bonchev–Trinajstić information content (AvgIpc) is 2.01. The normalized spacial score (nSPS) is 24.7. The van der Waals surface area contributed by atoms with Crippen molar-refractivity contribution in [2.75, 3.05) is 13.7 Å². The van der Waals surface area contributed by atoms with Crippen LogP contribution in [0.25, 0.3) is 0 Å². The van der Waals surface area contributed by atoms with Crippen LogP contribution in [0.1, 0.15) is 12.8 Å². The molecule has 1 atom stereocenters. The number of hydrogen-bond acceptors (Lipinski definition) is 3. The summed E-state index contributed by atoms with van der Waals surface area (Å²) in [6.45, 7) is 7.49. The van der Waals surface area contributed by atoms with E-state index in [2.05, 4.69) is 31.3 Å². The molecule has 3 nitrogen and oxygen atoms in total. The van der Waals surface area contributed by atoms with Gasteiger partial charge < -0.3 is 9.30 Å². The maximum absolute atomic E-state index is 11.1. The fourth-order valence-corrected chi connectivity index (χ4v) is 2.86. The largest absolute Gasteiger partial charge is 0.466 e. The lowest BCUT2D eigenvalue weighted by atomic mass is 10.1. The lowest BCUT2D eigenvalue weighted by Crippen LogP contribution is -2.51. The van der Waals surface area contributed by atoms with Crippen molar-refractivity contribution in [3.8, 4) is 0 Å². The molecule has 1 unspecified atom stereocenters. The summed E-state index contributed by atoms with van der Waals surface area (Å²) in [5.74, 6) is -0.0404. The van der Waals surface area contributed by atoms with Crippen molar-refractivity contribution in [2.24, 2.45) is 0 Å². The Morgan fingerprint density at radius 2 is 2.08 bits per heavy atom. The quantitative estimate of drug-likeness (QED) is 0.500. The Kier molecular flexibility index (Phi) is 3.13. The summed E-state index contributed by atoms with van der Waals surface area (Å²) in [6, 6.07) is 0.410. The molecule has 0 spiro atoms. The van der Waals surface area contributed by atoms with Crippen LogP contribution < -0.4 is 0 Å². The molecule has 0 radical (unpaired) electrons. The van der Waals surface area contributed by atoms with Gasteiger partial charge in [-0.25, -0.2) is 0 Å². The molecule has 1 heterocycles. The Bertz CT molecular complexity index is 200. The van der Waals surface area contributed by atoms with E-state index in [4.69, 9.17) is 4.74 Å². The van der Waals surface area contributed by atoms with Crippen LogP contribution in [0.3, 0.4) is 0 Å². The highest BCUT2D eigenvalue weighted by Gasteiger charge is 2.31. The Balaban J connectivity index is 2.56. The molecule has 1 saturated heterocycles. The third kappa shape index (κ3) is 2.81. The first-order valence-corrected chi connectivity index (χ1v) is 8.24. The number of nitrogens with zero attached hydrogens (tertiary/aromatic N) is 1. The van der Waals surface area contributed by atoms with Crippen LogP contribution in [0.15, 0.2) is 0 Å². The van der Waals surface area contributed by atoms with E-state index >= 15 is 0 Å². The predicted molar refractivity (Wildman–Crippen MR) is 55.1 cm³/mol. The summed E-state index contributed by atoms with van der Waals surface area (Å²) in [7, 11) is 0.882. The van der Waals surface area contributed by atoms with Crippen molar-refractivity contribution in [1.29, 1.82) is 0 Å². The minimum atomic E-state index is -1.25. The zero-order valence-electron chi connectivity index (χ0n) is 8.96. The maximum Gasteiger partial charge on any atom is 0.307 e. The van der Waals surface area contributed by atoms with Gasteiger partial charge in [0.15, 0.2) is 0 Å². The van der Waals surface area contributed by atoms with E-state index in [9.17, 15) is 4.79 Å². The smallest absolute Gasteiger partial charge is 0.307 e. The standard InChI is InChI=1S/C9H19NO2Si/c1-10(13(2,3)4)8-5-6-12-9(11)7-8/h8H,5-7H2,1-4H3. The lowest BCUT2D eigenvalue weighted by molar-refractivity contribution is -0.148. The molecule has 0 aromatic carbocycles. The van der Waals surface area contributed by atoms with E-state index < -0.39 is 8.24 Å². The van der Waals surface area contributed by atoms with Crippen LogP contribution in [0.2, 0.25) is 19.6 Å². The van der Waals surface area contributed by atoms with Gasteiger partial charge in [-0.2, -0.15) is 0 Å². The van der Waals surface area contributed by atoms with E-state index in [0.29, 0.717) is 19.1 Å². The molecule has 1 fully saturated rings. The van der Waals surface area contributed by atoms with Crippen LogP contribution in [-0.4, -0.2) is 38.5 Å².